The maximum atomic E-state index is 12.6. The van der Waals surface area contributed by atoms with Gasteiger partial charge in [-0.2, -0.15) is 10.5 Å². The van der Waals surface area contributed by atoms with E-state index in [0.29, 0.717) is 29.8 Å². The lowest BCUT2D eigenvalue weighted by Gasteiger charge is -2.25. The Hall–Kier alpha value is -5.42. The number of hydrazine groups is 1. The molecule has 0 saturated carbocycles. The number of hydrogen-bond acceptors (Lipinski definition) is 9. The number of unbranched alkanes of at least 4 members (excludes halogenated alkanes) is 1. The lowest BCUT2D eigenvalue weighted by Crippen LogP contribution is -2.31. The number of hydrogen-bond donors (Lipinski definition) is 2. The number of anilines is 3. The Balaban J connectivity index is 1.36. The van der Waals surface area contributed by atoms with Crippen LogP contribution in [-0.4, -0.2) is 41.3 Å². The molecule has 0 atom stereocenters. The molecule has 0 aliphatic carbocycles. The number of amides is 2. The summed E-state index contributed by atoms with van der Waals surface area (Å²) in [6, 6.07) is 18.7. The number of imide groups is 1. The predicted octanol–water partition coefficient (Wildman–Crippen LogP) is 4.99. The highest BCUT2D eigenvalue weighted by Gasteiger charge is 2.34. The number of nitrogens with one attached hydrogen (secondary N) is 2. The molecule has 0 spiro atoms. The average Bonchev–Trinajstić information content (AvgIpc) is 3.20. The van der Waals surface area contributed by atoms with Crippen molar-refractivity contribution in [3.63, 3.8) is 0 Å². The van der Waals surface area contributed by atoms with Gasteiger partial charge >= 0.3 is 0 Å². The van der Waals surface area contributed by atoms with Gasteiger partial charge in [0, 0.05) is 37.5 Å². The van der Waals surface area contributed by atoms with E-state index in [2.05, 4.69) is 22.7 Å². The van der Waals surface area contributed by atoms with Crippen LogP contribution in [0.3, 0.4) is 0 Å². The first-order valence-corrected chi connectivity index (χ1v) is 12.7. The first-order chi connectivity index (χ1) is 19.3. The lowest BCUT2D eigenvalue weighted by atomic mass is 10.1. The predicted molar refractivity (Wildman–Crippen MR) is 150 cm³/mol. The van der Waals surface area contributed by atoms with Crippen LogP contribution in [0.1, 0.15) is 57.2 Å². The summed E-state index contributed by atoms with van der Waals surface area (Å²) in [7, 11) is 0. The zero-order valence-electron chi connectivity index (χ0n) is 22.1. The van der Waals surface area contributed by atoms with E-state index in [9.17, 15) is 30.2 Å². The van der Waals surface area contributed by atoms with Gasteiger partial charge < -0.3 is 10.3 Å². The number of aryl methyl sites for hydroxylation is 1. The van der Waals surface area contributed by atoms with Crippen molar-refractivity contribution in [1.29, 1.82) is 10.5 Å². The van der Waals surface area contributed by atoms with Crippen LogP contribution in [0.25, 0.3) is 0 Å². The number of carbonyl (C=O) groups is 2. The average molecular weight is 538 g/mol. The molecule has 1 aliphatic heterocycles. The highest BCUT2D eigenvalue weighted by atomic mass is 16.6. The number of rotatable bonds is 11. The molecule has 0 unspecified atom stereocenters. The summed E-state index contributed by atoms with van der Waals surface area (Å²) >= 11 is 0. The van der Waals surface area contributed by atoms with E-state index < -0.39 is 4.92 Å². The van der Waals surface area contributed by atoms with Gasteiger partial charge in [0.05, 0.1) is 38.6 Å². The van der Waals surface area contributed by atoms with Crippen LogP contribution in [-0.2, 0) is 0 Å². The molecule has 40 heavy (non-hydrogen) atoms. The van der Waals surface area contributed by atoms with E-state index in [-0.39, 0.29) is 34.3 Å². The van der Waals surface area contributed by atoms with Gasteiger partial charge in [-0.1, -0.05) is 12.1 Å². The van der Waals surface area contributed by atoms with E-state index in [0.717, 1.165) is 42.9 Å². The van der Waals surface area contributed by atoms with E-state index in [4.69, 9.17) is 0 Å². The Bertz CT molecular complexity index is 1500. The molecule has 0 radical (unpaired) electrons. The fraction of sp³-hybridized carbons (Fsp3) is 0.241. The molecular formula is C29H27N7O4. The van der Waals surface area contributed by atoms with E-state index in [1.807, 2.05) is 37.3 Å². The van der Waals surface area contributed by atoms with Gasteiger partial charge in [0.25, 0.3) is 17.5 Å². The third-order valence-electron chi connectivity index (χ3n) is 6.79. The minimum Gasteiger partial charge on any atom is -0.372 e. The van der Waals surface area contributed by atoms with Crippen molar-refractivity contribution in [2.24, 2.45) is 0 Å². The van der Waals surface area contributed by atoms with Crippen molar-refractivity contribution in [3.8, 4) is 12.1 Å². The molecule has 202 valence electrons. The molecule has 3 aromatic rings. The summed E-state index contributed by atoms with van der Waals surface area (Å²) in [5, 5.41) is 30.0. The summed E-state index contributed by atoms with van der Waals surface area (Å²) in [6.45, 7) is 5.83. The smallest absolute Gasteiger partial charge is 0.272 e. The van der Waals surface area contributed by atoms with Gasteiger partial charge in [0.1, 0.15) is 12.1 Å². The summed E-state index contributed by atoms with van der Waals surface area (Å²) in [6.07, 6.45) is 1.47. The number of nitriles is 2. The van der Waals surface area contributed by atoms with Crippen LogP contribution in [0.2, 0.25) is 0 Å². The van der Waals surface area contributed by atoms with Crippen LogP contribution in [0.4, 0.5) is 22.7 Å². The molecule has 2 amide bonds. The van der Waals surface area contributed by atoms with E-state index in [1.165, 1.54) is 4.90 Å². The van der Waals surface area contributed by atoms with Crippen LogP contribution < -0.4 is 15.8 Å². The number of nitro benzene ring substituents is 1. The summed E-state index contributed by atoms with van der Waals surface area (Å²) in [5.41, 5.74) is 9.17. The van der Waals surface area contributed by atoms with Crippen molar-refractivity contribution in [2.45, 2.75) is 26.7 Å². The Labute approximate surface area is 231 Å². The Kier molecular flexibility index (Phi) is 8.26. The molecule has 2 N–H and O–H groups in total. The Morgan fingerprint density at radius 3 is 2.10 bits per heavy atom. The molecule has 1 heterocycles. The van der Waals surface area contributed by atoms with E-state index >= 15 is 0 Å². The molecule has 4 rings (SSSR count). The summed E-state index contributed by atoms with van der Waals surface area (Å²) < 4.78 is 0. The second-order valence-corrected chi connectivity index (χ2v) is 9.24. The largest absolute Gasteiger partial charge is 0.372 e. The van der Waals surface area contributed by atoms with E-state index in [1.54, 1.807) is 24.3 Å². The molecule has 1 aliphatic rings. The summed E-state index contributed by atoms with van der Waals surface area (Å²) in [4.78, 5) is 39.1. The molecule has 0 saturated heterocycles. The van der Waals surface area contributed by atoms with Crippen LogP contribution >= 0.6 is 0 Å². The molecule has 3 aromatic carbocycles. The van der Waals surface area contributed by atoms with Gasteiger partial charge in [-0.15, -0.1) is 0 Å². The summed E-state index contributed by atoms with van der Waals surface area (Å²) in [5.74, 6) is -0.476. The highest BCUT2D eigenvalue weighted by Crippen LogP contribution is 2.28. The molecule has 0 aromatic heterocycles. The SMILES string of the molecule is CCN(CCCCN1C(=O)c2ccccc2C1=O)c1ccc(NNc2c(C#N)cc([N+](=O)[O-])cc2C#N)c(C)c1. The van der Waals surface area contributed by atoms with Crippen molar-refractivity contribution in [2.75, 3.05) is 35.4 Å². The van der Waals surface area contributed by atoms with Gasteiger partial charge in [-0.05, 0) is 62.6 Å². The van der Waals surface area contributed by atoms with Gasteiger partial charge in [0.15, 0.2) is 0 Å². The molecule has 11 nitrogen and oxygen atoms in total. The second kappa shape index (κ2) is 12.0. The van der Waals surface area contributed by atoms with Crippen LogP contribution in [0, 0.1) is 39.7 Å². The van der Waals surface area contributed by atoms with Gasteiger partial charge in [-0.3, -0.25) is 30.0 Å². The van der Waals surface area contributed by atoms with Crippen molar-refractivity contribution in [1.82, 2.24) is 4.90 Å². The van der Waals surface area contributed by atoms with Crippen molar-refractivity contribution < 1.29 is 14.5 Å². The normalized spacial score (nSPS) is 11.9. The number of carbonyl (C=O) groups excluding carboxylic acids is 2. The van der Waals surface area contributed by atoms with Crippen LogP contribution in [0.5, 0.6) is 0 Å². The number of nitro groups is 1. The van der Waals surface area contributed by atoms with Crippen molar-refractivity contribution >= 4 is 34.6 Å². The first kappa shape index (κ1) is 27.6. The maximum Gasteiger partial charge on any atom is 0.272 e. The molecule has 11 heteroatoms. The lowest BCUT2D eigenvalue weighted by molar-refractivity contribution is -0.384. The zero-order valence-corrected chi connectivity index (χ0v) is 22.1. The topological polar surface area (TPSA) is 155 Å². The van der Waals surface area contributed by atoms with Gasteiger partial charge in [-0.25, -0.2) is 0 Å². The third-order valence-corrected chi connectivity index (χ3v) is 6.79. The molecule has 0 bridgehead atoms. The third kappa shape index (κ3) is 5.54. The van der Waals surface area contributed by atoms with Gasteiger partial charge in [0.2, 0.25) is 0 Å². The fourth-order valence-corrected chi connectivity index (χ4v) is 4.64. The minimum absolute atomic E-state index is 0.0223. The first-order valence-electron chi connectivity index (χ1n) is 12.7. The number of nitrogens with zero attached hydrogens (tertiary/aromatic N) is 5. The highest BCUT2D eigenvalue weighted by molar-refractivity contribution is 6.21. The van der Waals surface area contributed by atoms with Crippen molar-refractivity contribution in [3.05, 3.63) is 92.5 Å². The molecule has 0 fully saturated rings. The molecular weight excluding hydrogens is 510 g/mol. The Morgan fingerprint density at radius 1 is 0.950 bits per heavy atom. The standard InChI is InChI=1S/C29H27N7O4/c1-3-34(12-6-7-13-35-28(37)24-8-4-5-9-25(24)29(35)38)22-10-11-26(19(2)14-22)32-33-27-20(17-30)15-23(36(39)40)16-21(27)18-31/h4-5,8-11,14-16,32-33H,3,6-7,12-13H2,1-2H3. The number of benzene rings is 3. The quantitative estimate of drug-likeness (QED) is 0.149. The number of fused-ring (bicyclic) bond motifs is 1. The maximum absolute atomic E-state index is 12.6. The Morgan fingerprint density at radius 2 is 1.57 bits per heavy atom. The minimum atomic E-state index is -0.647. The van der Waals surface area contributed by atoms with Crippen LogP contribution in [0.15, 0.2) is 54.6 Å². The fourth-order valence-electron chi connectivity index (χ4n) is 4.64. The monoisotopic (exact) mass is 537 g/mol. The number of non-ortho nitro benzene ring substituents is 1. The second-order valence-electron chi connectivity index (χ2n) is 9.24. The zero-order chi connectivity index (χ0) is 28.8.